The number of ether oxygens (including phenoxy) is 3. The molecule has 2 heterocycles. The number of rotatable bonds is 7. The van der Waals surface area contributed by atoms with Crippen LogP contribution >= 0.6 is 0 Å². The first-order valence-electron chi connectivity index (χ1n) is 10.8. The first-order chi connectivity index (χ1) is 15.4. The lowest BCUT2D eigenvalue weighted by Crippen LogP contribution is -2.40. The lowest BCUT2D eigenvalue weighted by Gasteiger charge is -2.27. The minimum absolute atomic E-state index is 0.0661. The second-order valence-corrected chi connectivity index (χ2v) is 9.86. The minimum Gasteiger partial charge on any atom is -0.494 e. The molecule has 1 fully saturated rings. The van der Waals surface area contributed by atoms with Crippen molar-refractivity contribution in [1.82, 2.24) is 9.21 Å². The van der Waals surface area contributed by atoms with Crippen LogP contribution in [0.3, 0.4) is 0 Å². The number of nitrogens with zero attached hydrogens (tertiary/aromatic N) is 2. The number of hydrogen-bond acceptors (Lipinski definition) is 6. The molecule has 1 unspecified atom stereocenters. The molecule has 0 bridgehead atoms. The number of likely N-dealkylation sites (tertiary alicyclic amines) is 1. The van der Waals surface area contributed by atoms with Crippen LogP contribution in [-0.2, 0) is 14.8 Å². The highest BCUT2D eigenvalue weighted by Crippen LogP contribution is 2.34. The normalized spacial score (nSPS) is 18.1. The van der Waals surface area contributed by atoms with Crippen LogP contribution in [0, 0.1) is 0 Å². The molecule has 1 amide bonds. The van der Waals surface area contributed by atoms with Crippen molar-refractivity contribution in [3.05, 3.63) is 48.0 Å². The topological polar surface area (TPSA) is 85.4 Å². The fraction of sp³-hybridized carbons (Fsp3) is 0.435. The summed E-state index contributed by atoms with van der Waals surface area (Å²) in [6.07, 6.45) is 1.72. The molecule has 0 aliphatic carbocycles. The van der Waals surface area contributed by atoms with Crippen LogP contribution in [0.1, 0.15) is 31.4 Å². The SMILES string of the molecule is CCOc1ccc(C2CCCN2C(=O)CN(C)S(=O)(=O)c2ccc3c(c2)OCCO3)cc1. The van der Waals surface area contributed by atoms with Crippen LogP contribution in [0.5, 0.6) is 17.2 Å². The minimum atomic E-state index is -3.86. The Hall–Kier alpha value is -2.78. The third kappa shape index (κ3) is 4.54. The third-order valence-electron chi connectivity index (χ3n) is 5.73. The number of carbonyl (C=O) groups is 1. The number of likely N-dealkylation sites (N-methyl/N-ethyl adjacent to an activating group) is 1. The van der Waals surface area contributed by atoms with Crippen LogP contribution in [0.25, 0.3) is 0 Å². The Morgan fingerprint density at radius 1 is 1.12 bits per heavy atom. The molecule has 172 valence electrons. The van der Waals surface area contributed by atoms with Gasteiger partial charge in [0.25, 0.3) is 0 Å². The first kappa shape index (κ1) is 22.4. The number of amides is 1. The molecule has 4 rings (SSSR count). The van der Waals surface area contributed by atoms with Crippen molar-refractivity contribution < 1.29 is 27.4 Å². The molecule has 2 aliphatic heterocycles. The number of carbonyl (C=O) groups excluding carboxylic acids is 1. The van der Waals surface area contributed by atoms with Gasteiger partial charge in [-0.15, -0.1) is 0 Å². The molecule has 32 heavy (non-hydrogen) atoms. The zero-order chi connectivity index (χ0) is 22.7. The van der Waals surface area contributed by atoms with E-state index in [9.17, 15) is 13.2 Å². The summed E-state index contributed by atoms with van der Waals surface area (Å²) in [6.45, 7) is 3.70. The van der Waals surface area contributed by atoms with E-state index >= 15 is 0 Å². The predicted octanol–water partition coefficient (Wildman–Crippen LogP) is 2.84. The van der Waals surface area contributed by atoms with Crippen molar-refractivity contribution in [3.63, 3.8) is 0 Å². The Kier molecular flexibility index (Phi) is 6.57. The smallest absolute Gasteiger partial charge is 0.243 e. The Morgan fingerprint density at radius 3 is 2.56 bits per heavy atom. The Labute approximate surface area is 188 Å². The second kappa shape index (κ2) is 9.38. The van der Waals surface area contributed by atoms with E-state index in [1.807, 2.05) is 31.2 Å². The molecule has 2 aromatic carbocycles. The predicted molar refractivity (Wildman–Crippen MR) is 119 cm³/mol. The van der Waals surface area contributed by atoms with Gasteiger partial charge in [-0.3, -0.25) is 4.79 Å². The van der Waals surface area contributed by atoms with Gasteiger partial charge in [-0.1, -0.05) is 12.1 Å². The van der Waals surface area contributed by atoms with Crippen molar-refractivity contribution in [2.45, 2.75) is 30.7 Å². The maximum atomic E-state index is 13.1. The van der Waals surface area contributed by atoms with Gasteiger partial charge >= 0.3 is 0 Å². The average Bonchev–Trinajstić information content (AvgIpc) is 3.29. The largest absolute Gasteiger partial charge is 0.494 e. The highest BCUT2D eigenvalue weighted by atomic mass is 32.2. The van der Waals surface area contributed by atoms with Crippen molar-refractivity contribution in [2.24, 2.45) is 0 Å². The molecule has 0 saturated carbocycles. The van der Waals surface area contributed by atoms with Crippen LogP contribution in [0.15, 0.2) is 47.4 Å². The first-order valence-corrected chi connectivity index (χ1v) is 12.2. The second-order valence-electron chi connectivity index (χ2n) is 7.81. The van der Waals surface area contributed by atoms with E-state index in [1.54, 1.807) is 11.0 Å². The van der Waals surface area contributed by atoms with Crippen molar-refractivity contribution in [1.29, 1.82) is 0 Å². The van der Waals surface area contributed by atoms with E-state index in [4.69, 9.17) is 14.2 Å². The van der Waals surface area contributed by atoms with Gasteiger partial charge in [0.2, 0.25) is 15.9 Å². The molecule has 8 nitrogen and oxygen atoms in total. The molecule has 1 atom stereocenters. The fourth-order valence-electron chi connectivity index (χ4n) is 4.10. The van der Waals surface area contributed by atoms with Gasteiger partial charge in [-0.2, -0.15) is 4.31 Å². The fourth-order valence-corrected chi connectivity index (χ4v) is 5.23. The molecule has 0 aromatic heterocycles. The maximum Gasteiger partial charge on any atom is 0.243 e. The summed E-state index contributed by atoms with van der Waals surface area (Å²) in [5.74, 6) is 1.48. The molecule has 2 aliphatic rings. The third-order valence-corrected chi connectivity index (χ3v) is 7.53. The molecule has 0 N–H and O–H groups in total. The molecule has 0 spiro atoms. The zero-order valence-electron chi connectivity index (χ0n) is 18.3. The Morgan fingerprint density at radius 2 is 1.84 bits per heavy atom. The van der Waals surface area contributed by atoms with Gasteiger partial charge in [0.05, 0.1) is 24.1 Å². The van der Waals surface area contributed by atoms with E-state index in [0.717, 1.165) is 28.5 Å². The Balaban J connectivity index is 1.46. The summed E-state index contributed by atoms with van der Waals surface area (Å²) in [7, 11) is -2.43. The summed E-state index contributed by atoms with van der Waals surface area (Å²) < 4.78 is 43.7. The molecular weight excluding hydrogens is 432 g/mol. The van der Waals surface area contributed by atoms with Gasteiger partial charge in [0, 0.05) is 19.7 Å². The van der Waals surface area contributed by atoms with Gasteiger partial charge in [-0.25, -0.2) is 8.42 Å². The summed E-state index contributed by atoms with van der Waals surface area (Å²) in [5, 5.41) is 0. The molecule has 0 radical (unpaired) electrons. The number of benzene rings is 2. The van der Waals surface area contributed by atoms with Crippen molar-refractivity contribution in [3.8, 4) is 17.2 Å². The van der Waals surface area contributed by atoms with Crippen molar-refractivity contribution >= 4 is 15.9 Å². The lowest BCUT2D eigenvalue weighted by molar-refractivity contribution is -0.132. The van der Waals surface area contributed by atoms with E-state index in [2.05, 4.69) is 0 Å². The number of hydrogen-bond donors (Lipinski definition) is 0. The van der Waals surface area contributed by atoms with E-state index in [1.165, 1.54) is 19.2 Å². The number of sulfonamides is 1. The maximum absolute atomic E-state index is 13.1. The quantitative estimate of drug-likeness (QED) is 0.632. The summed E-state index contributed by atoms with van der Waals surface area (Å²) in [5.41, 5.74) is 1.02. The van der Waals surface area contributed by atoms with E-state index in [0.29, 0.717) is 37.9 Å². The standard InChI is InChI=1S/C23H28N2O6S/c1-3-29-18-8-6-17(7-9-18)20-5-4-12-25(20)23(26)16-24(2)32(27,28)19-10-11-21-22(15-19)31-14-13-30-21/h6-11,15,20H,3-5,12-14,16H2,1-2H3. The summed E-state index contributed by atoms with van der Waals surface area (Å²) >= 11 is 0. The van der Waals surface area contributed by atoms with Gasteiger partial charge in [0.15, 0.2) is 11.5 Å². The lowest BCUT2D eigenvalue weighted by atomic mass is 10.0. The zero-order valence-corrected chi connectivity index (χ0v) is 19.1. The van der Waals surface area contributed by atoms with Crippen LogP contribution in [0.4, 0.5) is 0 Å². The summed E-state index contributed by atoms with van der Waals surface area (Å²) in [4.78, 5) is 14.9. The average molecular weight is 461 g/mol. The van der Waals surface area contributed by atoms with Crippen LogP contribution in [-0.4, -0.2) is 63.5 Å². The molecular formula is C23H28N2O6S. The van der Waals surface area contributed by atoms with Crippen molar-refractivity contribution in [2.75, 3.05) is 40.0 Å². The molecule has 1 saturated heterocycles. The Bertz CT molecular complexity index is 1070. The van der Waals surface area contributed by atoms with Crippen LogP contribution in [0.2, 0.25) is 0 Å². The monoisotopic (exact) mass is 460 g/mol. The summed E-state index contributed by atoms with van der Waals surface area (Å²) in [6, 6.07) is 12.2. The van der Waals surface area contributed by atoms with Crippen LogP contribution < -0.4 is 14.2 Å². The highest BCUT2D eigenvalue weighted by Gasteiger charge is 2.33. The van der Waals surface area contributed by atoms with Gasteiger partial charge in [-0.05, 0) is 49.6 Å². The van der Waals surface area contributed by atoms with E-state index < -0.39 is 10.0 Å². The van der Waals surface area contributed by atoms with E-state index in [-0.39, 0.29) is 23.4 Å². The molecule has 9 heteroatoms. The highest BCUT2D eigenvalue weighted by molar-refractivity contribution is 7.89. The van der Waals surface area contributed by atoms with Gasteiger partial charge < -0.3 is 19.1 Å². The molecule has 2 aromatic rings. The van der Waals surface area contributed by atoms with Gasteiger partial charge in [0.1, 0.15) is 19.0 Å². The number of fused-ring (bicyclic) bond motifs is 1.